The minimum Gasteiger partial charge on any atom is -0.397 e. The molecule has 2 aromatic carbocycles. The number of anilines is 3. The maximum atomic E-state index is 5.95. The van der Waals surface area contributed by atoms with Gasteiger partial charge in [0.05, 0.1) is 11.4 Å². The first kappa shape index (κ1) is 15.7. The smallest absolute Gasteiger partial charge is 0.0574 e. The van der Waals surface area contributed by atoms with E-state index in [0.29, 0.717) is 0 Å². The Morgan fingerprint density at radius 2 is 1.74 bits per heavy atom. The molecule has 0 unspecified atom stereocenters. The largest absolute Gasteiger partial charge is 0.397 e. The lowest BCUT2D eigenvalue weighted by Crippen LogP contribution is -2.44. The average Bonchev–Trinajstić information content (AvgIpc) is 2.57. The summed E-state index contributed by atoms with van der Waals surface area (Å²) in [5.41, 5.74) is 11.7. The van der Waals surface area contributed by atoms with Gasteiger partial charge >= 0.3 is 0 Å². The zero-order valence-corrected chi connectivity index (χ0v) is 14.0. The molecule has 122 valence electrons. The first-order chi connectivity index (χ1) is 11.2. The molecule has 0 saturated carbocycles. The van der Waals surface area contributed by atoms with Crippen LogP contribution in [0, 0.1) is 0 Å². The van der Waals surface area contributed by atoms with Gasteiger partial charge in [0, 0.05) is 38.9 Å². The molecule has 0 radical (unpaired) electrons. The second-order valence-electron chi connectivity index (χ2n) is 6.31. The molecule has 1 saturated heterocycles. The second kappa shape index (κ2) is 6.92. The van der Waals surface area contributed by atoms with Gasteiger partial charge in [-0.15, -0.1) is 0 Å². The lowest BCUT2D eigenvalue weighted by atomic mass is 10.0. The predicted octanol–water partition coefficient (Wildman–Crippen LogP) is 2.65. The fourth-order valence-corrected chi connectivity index (χ4v) is 3.09. The molecule has 0 atom stereocenters. The van der Waals surface area contributed by atoms with Crippen LogP contribution in [0.25, 0.3) is 0 Å². The van der Waals surface area contributed by atoms with Crippen molar-refractivity contribution in [3.8, 4) is 0 Å². The molecule has 23 heavy (non-hydrogen) atoms. The minimum atomic E-state index is 0.794. The van der Waals surface area contributed by atoms with Crippen molar-refractivity contribution < 1.29 is 0 Å². The number of benzene rings is 2. The van der Waals surface area contributed by atoms with Gasteiger partial charge in [0.2, 0.25) is 0 Å². The van der Waals surface area contributed by atoms with Crippen molar-refractivity contribution in [2.45, 2.75) is 6.42 Å². The molecule has 1 heterocycles. The van der Waals surface area contributed by atoms with E-state index in [1.807, 2.05) is 13.1 Å². The normalized spacial score (nSPS) is 15.7. The van der Waals surface area contributed by atoms with Gasteiger partial charge in [0.15, 0.2) is 0 Å². The van der Waals surface area contributed by atoms with Gasteiger partial charge in [0.1, 0.15) is 0 Å². The molecule has 0 aromatic heterocycles. The summed E-state index contributed by atoms with van der Waals surface area (Å²) in [7, 11) is 4.09. The highest BCUT2D eigenvalue weighted by atomic mass is 15.2. The fraction of sp³-hybridized carbons (Fsp3) is 0.368. The summed E-state index contributed by atoms with van der Waals surface area (Å²) in [5, 5.41) is 3.15. The second-order valence-corrected chi connectivity index (χ2v) is 6.31. The lowest BCUT2D eigenvalue weighted by molar-refractivity contribution is 0.313. The number of nitrogens with one attached hydrogen (secondary N) is 1. The van der Waals surface area contributed by atoms with Crippen LogP contribution in [0.5, 0.6) is 0 Å². The number of hydrogen-bond acceptors (Lipinski definition) is 4. The molecule has 0 amide bonds. The Morgan fingerprint density at radius 1 is 1.00 bits per heavy atom. The topological polar surface area (TPSA) is 44.5 Å². The molecular weight excluding hydrogens is 284 g/mol. The Morgan fingerprint density at radius 3 is 2.48 bits per heavy atom. The third-order valence-corrected chi connectivity index (χ3v) is 4.57. The van der Waals surface area contributed by atoms with E-state index in [1.165, 1.54) is 16.8 Å². The van der Waals surface area contributed by atoms with E-state index in [2.05, 4.69) is 58.6 Å². The summed E-state index contributed by atoms with van der Waals surface area (Å²) in [6.07, 6.45) is 0.927. The third kappa shape index (κ3) is 3.77. The highest BCUT2D eigenvalue weighted by Gasteiger charge is 2.14. The van der Waals surface area contributed by atoms with Crippen molar-refractivity contribution in [2.75, 3.05) is 56.2 Å². The quantitative estimate of drug-likeness (QED) is 0.852. The number of nitrogens with two attached hydrogens (primary N) is 1. The van der Waals surface area contributed by atoms with Crippen LogP contribution in [0.2, 0.25) is 0 Å². The van der Waals surface area contributed by atoms with Gasteiger partial charge < -0.3 is 20.9 Å². The minimum absolute atomic E-state index is 0.794. The molecule has 4 nitrogen and oxygen atoms in total. The maximum Gasteiger partial charge on any atom is 0.0574 e. The van der Waals surface area contributed by atoms with E-state index >= 15 is 0 Å². The molecule has 0 spiro atoms. The first-order valence-corrected chi connectivity index (χ1v) is 8.24. The maximum absolute atomic E-state index is 5.95. The molecule has 1 aliphatic rings. The van der Waals surface area contributed by atoms with Crippen molar-refractivity contribution >= 4 is 17.1 Å². The average molecular weight is 310 g/mol. The summed E-state index contributed by atoms with van der Waals surface area (Å²) in [5.74, 6) is 0. The van der Waals surface area contributed by atoms with Gasteiger partial charge in [-0.3, -0.25) is 0 Å². The van der Waals surface area contributed by atoms with Crippen LogP contribution in [0.3, 0.4) is 0 Å². The number of rotatable bonds is 4. The van der Waals surface area contributed by atoms with Crippen LogP contribution in [-0.2, 0) is 6.42 Å². The van der Waals surface area contributed by atoms with E-state index < -0.39 is 0 Å². The van der Waals surface area contributed by atoms with Crippen molar-refractivity contribution in [3.63, 3.8) is 0 Å². The predicted molar refractivity (Wildman–Crippen MR) is 99.4 cm³/mol. The highest BCUT2D eigenvalue weighted by Crippen LogP contribution is 2.23. The Labute approximate surface area is 138 Å². The molecule has 2 aromatic rings. The lowest BCUT2D eigenvalue weighted by Gasteiger charge is -2.34. The van der Waals surface area contributed by atoms with Crippen LogP contribution < -0.4 is 16.0 Å². The Kier molecular flexibility index (Phi) is 4.72. The number of nitrogen functional groups attached to an aromatic ring is 1. The van der Waals surface area contributed by atoms with Crippen LogP contribution in [-0.4, -0.2) is 45.2 Å². The van der Waals surface area contributed by atoms with Crippen LogP contribution in [0.1, 0.15) is 11.1 Å². The summed E-state index contributed by atoms with van der Waals surface area (Å²) in [6, 6.07) is 15.1. The van der Waals surface area contributed by atoms with Crippen LogP contribution >= 0.6 is 0 Å². The molecule has 0 bridgehead atoms. The summed E-state index contributed by atoms with van der Waals surface area (Å²) in [6.45, 7) is 4.47. The fourth-order valence-electron chi connectivity index (χ4n) is 3.09. The Bertz CT molecular complexity index is 660. The summed E-state index contributed by atoms with van der Waals surface area (Å²) < 4.78 is 0. The van der Waals surface area contributed by atoms with E-state index in [4.69, 9.17) is 5.73 Å². The van der Waals surface area contributed by atoms with Gasteiger partial charge in [0.25, 0.3) is 0 Å². The highest BCUT2D eigenvalue weighted by molar-refractivity contribution is 5.67. The SMILES string of the molecule is CNc1cc(Cc2cccc(N3CCN(C)CC3)c2)ccc1N. The van der Waals surface area contributed by atoms with Crippen molar-refractivity contribution in [2.24, 2.45) is 0 Å². The zero-order chi connectivity index (χ0) is 16.2. The van der Waals surface area contributed by atoms with Crippen molar-refractivity contribution in [1.82, 2.24) is 4.90 Å². The monoisotopic (exact) mass is 310 g/mol. The van der Waals surface area contributed by atoms with E-state index in [-0.39, 0.29) is 0 Å². The molecule has 0 aliphatic carbocycles. The number of hydrogen-bond donors (Lipinski definition) is 2. The van der Waals surface area contributed by atoms with Gasteiger partial charge in [-0.1, -0.05) is 18.2 Å². The third-order valence-electron chi connectivity index (χ3n) is 4.57. The number of likely N-dealkylation sites (N-methyl/N-ethyl adjacent to an activating group) is 1. The molecule has 3 N–H and O–H groups in total. The summed E-state index contributed by atoms with van der Waals surface area (Å²) in [4.78, 5) is 4.86. The van der Waals surface area contributed by atoms with Gasteiger partial charge in [-0.05, 0) is 48.9 Å². The molecule has 3 rings (SSSR count). The molecular formula is C19H26N4. The Balaban J connectivity index is 1.75. The molecule has 1 fully saturated rings. The van der Waals surface area contributed by atoms with Gasteiger partial charge in [-0.25, -0.2) is 0 Å². The summed E-state index contributed by atoms with van der Waals surface area (Å²) >= 11 is 0. The van der Waals surface area contributed by atoms with Crippen LogP contribution in [0.4, 0.5) is 17.1 Å². The van der Waals surface area contributed by atoms with Crippen LogP contribution in [0.15, 0.2) is 42.5 Å². The first-order valence-electron chi connectivity index (χ1n) is 8.24. The standard InChI is InChI=1S/C19H26N4/c1-21-19-14-16(6-7-18(19)20)12-15-4-3-5-17(13-15)23-10-8-22(2)9-11-23/h3-7,13-14,21H,8-12,20H2,1-2H3. The number of piperazine rings is 1. The van der Waals surface area contributed by atoms with Gasteiger partial charge in [-0.2, -0.15) is 0 Å². The van der Waals surface area contributed by atoms with E-state index in [1.54, 1.807) is 0 Å². The molecule has 1 aliphatic heterocycles. The molecule has 4 heteroatoms. The zero-order valence-electron chi connectivity index (χ0n) is 14.0. The van der Waals surface area contributed by atoms with E-state index in [9.17, 15) is 0 Å². The Hall–Kier alpha value is -2.20. The number of nitrogens with zero attached hydrogens (tertiary/aromatic N) is 2. The van der Waals surface area contributed by atoms with E-state index in [0.717, 1.165) is 44.0 Å². The van der Waals surface area contributed by atoms with Crippen molar-refractivity contribution in [1.29, 1.82) is 0 Å². The van der Waals surface area contributed by atoms with Crippen molar-refractivity contribution in [3.05, 3.63) is 53.6 Å².